The first-order valence-electron chi connectivity index (χ1n) is 4.41. The fourth-order valence-corrected chi connectivity index (χ4v) is 1.29. The number of rotatable bonds is 2. The molecule has 15 heavy (non-hydrogen) atoms. The second-order valence-corrected chi connectivity index (χ2v) is 3.11. The molecule has 0 spiro atoms. The Bertz CT molecular complexity index is 465. The summed E-state index contributed by atoms with van der Waals surface area (Å²) in [7, 11) is 0. The average molecular weight is 203 g/mol. The maximum absolute atomic E-state index is 10.6. The van der Waals surface area contributed by atoms with Crippen LogP contribution in [0, 0.1) is 0 Å². The zero-order valence-corrected chi connectivity index (χ0v) is 7.87. The van der Waals surface area contributed by atoms with Gasteiger partial charge in [-0.15, -0.1) is 0 Å². The van der Waals surface area contributed by atoms with Gasteiger partial charge in [0.05, 0.1) is 6.20 Å². The number of pyridine rings is 1. The zero-order valence-electron chi connectivity index (χ0n) is 7.87. The van der Waals surface area contributed by atoms with Gasteiger partial charge in [-0.1, -0.05) is 6.07 Å². The normalized spacial score (nSPS) is 10.1. The average Bonchev–Trinajstić information content (AvgIpc) is 2.68. The summed E-state index contributed by atoms with van der Waals surface area (Å²) < 4.78 is 0.895. The molecule has 2 heterocycles. The van der Waals surface area contributed by atoms with Crippen molar-refractivity contribution < 1.29 is 9.90 Å². The molecule has 0 amide bonds. The second kappa shape index (κ2) is 3.91. The SMILES string of the molecule is O=C(O)n1cc(Cc2cccnc2)cn1. The molecule has 0 fully saturated rings. The Hall–Kier alpha value is -2.17. The lowest BCUT2D eigenvalue weighted by atomic mass is 10.1. The van der Waals surface area contributed by atoms with E-state index in [0.29, 0.717) is 6.42 Å². The molecule has 5 heteroatoms. The Kier molecular flexibility index (Phi) is 2.45. The van der Waals surface area contributed by atoms with Gasteiger partial charge in [0.1, 0.15) is 0 Å². The van der Waals surface area contributed by atoms with Crippen LogP contribution in [0.3, 0.4) is 0 Å². The quantitative estimate of drug-likeness (QED) is 0.800. The van der Waals surface area contributed by atoms with Crippen molar-refractivity contribution in [2.24, 2.45) is 0 Å². The fraction of sp³-hybridized carbons (Fsp3) is 0.100. The molecule has 0 atom stereocenters. The van der Waals surface area contributed by atoms with Crippen LogP contribution in [0.4, 0.5) is 4.79 Å². The molecule has 0 aliphatic carbocycles. The van der Waals surface area contributed by atoms with Crippen LogP contribution in [0.2, 0.25) is 0 Å². The number of nitrogens with zero attached hydrogens (tertiary/aromatic N) is 3. The third-order valence-corrected chi connectivity index (χ3v) is 1.96. The van der Waals surface area contributed by atoms with Gasteiger partial charge in [0, 0.05) is 25.0 Å². The van der Waals surface area contributed by atoms with E-state index in [1.165, 1.54) is 6.20 Å². The van der Waals surface area contributed by atoms with Gasteiger partial charge in [0.25, 0.3) is 0 Å². The van der Waals surface area contributed by atoms with Crippen molar-refractivity contribution >= 4 is 6.09 Å². The Balaban J connectivity index is 2.15. The van der Waals surface area contributed by atoms with E-state index >= 15 is 0 Å². The summed E-state index contributed by atoms with van der Waals surface area (Å²) in [5.74, 6) is 0. The minimum atomic E-state index is -1.08. The maximum atomic E-state index is 10.6. The van der Waals surface area contributed by atoms with Crippen molar-refractivity contribution in [1.29, 1.82) is 0 Å². The van der Waals surface area contributed by atoms with E-state index < -0.39 is 6.09 Å². The number of hydrogen-bond donors (Lipinski definition) is 1. The standard InChI is InChI=1S/C10H9N3O2/c14-10(15)13-7-9(6-12-13)4-8-2-1-3-11-5-8/h1-3,5-7H,4H2,(H,14,15). The molecule has 1 N–H and O–H groups in total. The number of carboxylic acid groups (broad SMARTS) is 1. The van der Waals surface area contributed by atoms with Crippen molar-refractivity contribution in [3.63, 3.8) is 0 Å². The van der Waals surface area contributed by atoms with Crippen LogP contribution in [0.5, 0.6) is 0 Å². The topological polar surface area (TPSA) is 68.0 Å². The minimum Gasteiger partial charge on any atom is -0.463 e. The van der Waals surface area contributed by atoms with Gasteiger partial charge in [-0.05, 0) is 17.2 Å². The van der Waals surface area contributed by atoms with Crippen LogP contribution in [-0.4, -0.2) is 26.0 Å². The van der Waals surface area contributed by atoms with Gasteiger partial charge in [-0.2, -0.15) is 9.78 Å². The van der Waals surface area contributed by atoms with Gasteiger partial charge in [-0.25, -0.2) is 4.79 Å². The van der Waals surface area contributed by atoms with Crippen LogP contribution in [0.15, 0.2) is 36.9 Å². The highest BCUT2D eigenvalue weighted by molar-refractivity contribution is 5.66. The summed E-state index contributed by atoms with van der Waals surface area (Å²) >= 11 is 0. The molecule has 0 saturated carbocycles. The van der Waals surface area contributed by atoms with Crippen molar-refractivity contribution in [2.45, 2.75) is 6.42 Å². The van der Waals surface area contributed by atoms with E-state index in [0.717, 1.165) is 15.8 Å². The monoisotopic (exact) mass is 203 g/mol. The van der Waals surface area contributed by atoms with Crippen LogP contribution in [0.25, 0.3) is 0 Å². The summed E-state index contributed by atoms with van der Waals surface area (Å²) in [4.78, 5) is 14.5. The van der Waals surface area contributed by atoms with E-state index in [1.807, 2.05) is 12.1 Å². The first-order chi connectivity index (χ1) is 7.25. The third kappa shape index (κ3) is 2.19. The van der Waals surface area contributed by atoms with Crippen LogP contribution in [0.1, 0.15) is 11.1 Å². The minimum absolute atomic E-state index is 0.640. The molecule has 2 rings (SSSR count). The highest BCUT2D eigenvalue weighted by Crippen LogP contribution is 2.06. The van der Waals surface area contributed by atoms with Gasteiger partial charge >= 0.3 is 6.09 Å². The van der Waals surface area contributed by atoms with E-state index in [-0.39, 0.29) is 0 Å². The van der Waals surface area contributed by atoms with Crippen molar-refractivity contribution in [3.8, 4) is 0 Å². The van der Waals surface area contributed by atoms with Gasteiger partial charge in [-0.3, -0.25) is 4.98 Å². The highest BCUT2D eigenvalue weighted by Gasteiger charge is 2.04. The Labute approximate surface area is 86.0 Å². The summed E-state index contributed by atoms with van der Waals surface area (Å²) in [6.07, 6.45) is 6.05. The first-order valence-corrected chi connectivity index (χ1v) is 4.41. The van der Waals surface area contributed by atoms with E-state index in [2.05, 4.69) is 10.1 Å². The lowest BCUT2D eigenvalue weighted by molar-refractivity contribution is 0.192. The predicted molar refractivity (Wildman–Crippen MR) is 52.7 cm³/mol. The molecule has 5 nitrogen and oxygen atoms in total. The number of aromatic nitrogens is 3. The number of carbonyl (C=O) groups is 1. The molecular weight excluding hydrogens is 194 g/mol. The molecule has 0 unspecified atom stereocenters. The summed E-state index contributed by atoms with van der Waals surface area (Å²) in [5.41, 5.74) is 1.88. The molecule has 0 aromatic carbocycles. The van der Waals surface area contributed by atoms with E-state index in [9.17, 15) is 4.79 Å². The second-order valence-electron chi connectivity index (χ2n) is 3.11. The third-order valence-electron chi connectivity index (χ3n) is 1.96. The summed E-state index contributed by atoms with van der Waals surface area (Å²) in [6, 6.07) is 3.78. The molecular formula is C10H9N3O2. The van der Waals surface area contributed by atoms with Crippen molar-refractivity contribution in [1.82, 2.24) is 14.8 Å². The van der Waals surface area contributed by atoms with E-state index in [4.69, 9.17) is 5.11 Å². The Morgan fingerprint density at radius 3 is 2.87 bits per heavy atom. The van der Waals surface area contributed by atoms with E-state index in [1.54, 1.807) is 18.6 Å². The van der Waals surface area contributed by atoms with Crippen LogP contribution in [-0.2, 0) is 6.42 Å². The van der Waals surface area contributed by atoms with Crippen molar-refractivity contribution in [2.75, 3.05) is 0 Å². The first kappa shape index (κ1) is 9.39. The summed E-state index contributed by atoms with van der Waals surface area (Å²) in [5, 5.41) is 12.4. The maximum Gasteiger partial charge on any atom is 0.432 e. The smallest absolute Gasteiger partial charge is 0.432 e. The highest BCUT2D eigenvalue weighted by atomic mass is 16.4. The van der Waals surface area contributed by atoms with Crippen LogP contribution < -0.4 is 0 Å². The molecule has 0 radical (unpaired) electrons. The molecule has 0 bridgehead atoms. The largest absolute Gasteiger partial charge is 0.463 e. The molecule has 0 aliphatic heterocycles. The lowest BCUT2D eigenvalue weighted by Gasteiger charge is -1.95. The molecule has 2 aromatic rings. The Morgan fingerprint density at radius 1 is 1.40 bits per heavy atom. The summed E-state index contributed by atoms with van der Waals surface area (Å²) in [6.45, 7) is 0. The van der Waals surface area contributed by atoms with Gasteiger partial charge in [0.15, 0.2) is 0 Å². The van der Waals surface area contributed by atoms with Crippen molar-refractivity contribution in [3.05, 3.63) is 48.0 Å². The molecule has 0 saturated heterocycles. The van der Waals surface area contributed by atoms with Gasteiger partial charge in [0.2, 0.25) is 0 Å². The van der Waals surface area contributed by atoms with Gasteiger partial charge < -0.3 is 5.11 Å². The molecule has 0 aliphatic rings. The number of hydrogen-bond acceptors (Lipinski definition) is 3. The molecule has 2 aromatic heterocycles. The zero-order chi connectivity index (χ0) is 10.7. The molecule has 76 valence electrons. The van der Waals surface area contributed by atoms with Crippen LogP contribution >= 0.6 is 0 Å². The lowest BCUT2D eigenvalue weighted by Crippen LogP contribution is -2.07. The Morgan fingerprint density at radius 2 is 2.27 bits per heavy atom. The predicted octanol–water partition coefficient (Wildman–Crippen LogP) is 1.39. The fourth-order valence-electron chi connectivity index (χ4n) is 1.29.